The van der Waals surface area contributed by atoms with Crippen LogP contribution in [0.4, 0.5) is 0 Å². The second-order valence-corrected chi connectivity index (χ2v) is 4.08. The zero-order valence-electron chi connectivity index (χ0n) is 10.0. The second kappa shape index (κ2) is 5.96. The summed E-state index contributed by atoms with van der Waals surface area (Å²) in [5, 5.41) is 17.7. The third-order valence-electron chi connectivity index (χ3n) is 2.65. The summed E-state index contributed by atoms with van der Waals surface area (Å²) in [7, 11) is 0. The summed E-state index contributed by atoms with van der Waals surface area (Å²) in [6, 6.07) is 14.0. The quantitative estimate of drug-likeness (QED) is 0.748. The van der Waals surface area contributed by atoms with Gasteiger partial charge in [-0.1, -0.05) is 24.3 Å². The number of rotatable bonds is 0. The van der Waals surface area contributed by atoms with E-state index in [1.807, 2.05) is 12.1 Å². The Hall–Kier alpha value is -2.16. The summed E-state index contributed by atoms with van der Waals surface area (Å²) in [6.45, 7) is 0.774. The van der Waals surface area contributed by atoms with E-state index in [9.17, 15) is 0 Å². The Morgan fingerprint density at radius 1 is 0.889 bits per heavy atom. The lowest BCUT2D eigenvalue weighted by Gasteiger charge is -2.16. The topological polar surface area (TPSA) is 49.7 Å². The van der Waals surface area contributed by atoms with Crippen molar-refractivity contribution in [2.45, 2.75) is 12.8 Å². The lowest BCUT2D eigenvalue weighted by atomic mass is 10.1. The highest BCUT2D eigenvalue weighted by Crippen LogP contribution is 2.27. The number of ether oxygens (including phenoxy) is 1. The highest BCUT2D eigenvalue weighted by molar-refractivity contribution is 5.40. The van der Waals surface area contributed by atoms with Gasteiger partial charge in [-0.25, -0.2) is 0 Å². The first-order valence-electron chi connectivity index (χ1n) is 5.94. The molecular formula is C15H16O3. The van der Waals surface area contributed by atoms with Gasteiger partial charge in [-0.15, -0.1) is 0 Å². The van der Waals surface area contributed by atoms with Crippen LogP contribution in [-0.2, 0) is 6.42 Å². The summed E-state index contributed by atoms with van der Waals surface area (Å²) in [6.07, 6.45) is 2.15. The minimum absolute atomic E-state index is 0.283. The van der Waals surface area contributed by atoms with Crippen LogP contribution in [0.2, 0.25) is 0 Å². The van der Waals surface area contributed by atoms with Crippen LogP contribution in [0.5, 0.6) is 17.2 Å². The molecule has 1 heterocycles. The fourth-order valence-electron chi connectivity index (χ4n) is 1.76. The van der Waals surface area contributed by atoms with E-state index in [4.69, 9.17) is 14.9 Å². The van der Waals surface area contributed by atoms with Crippen molar-refractivity contribution < 1.29 is 14.9 Å². The van der Waals surface area contributed by atoms with E-state index in [-0.39, 0.29) is 5.75 Å². The van der Waals surface area contributed by atoms with Gasteiger partial charge in [0.15, 0.2) is 0 Å². The summed E-state index contributed by atoms with van der Waals surface area (Å²) in [4.78, 5) is 0. The van der Waals surface area contributed by atoms with Crippen LogP contribution in [0.15, 0.2) is 48.5 Å². The van der Waals surface area contributed by atoms with Crippen molar-refractivity contribution >= 4 is 0 Å². The minimum atomic E-state index is 0.283. The summed E-state index contributed by atoms with van der Waals surface area (Å²) in [5.41, 5.74) is 1.20. The van der Waals surface area contributed by atoms with Crippen LogP contribution in [0.1, 0.15) is 12.0 Å². The van der Waals surface area contributed by atoms with Crippen molar-refractivity contribution in [2.24, 2.45) is 0 Å². The molecule has 0 spiro atoms. The average molecular weight is 244 g/mol. The molecular weight excluding hydrogens is 228 g/mol. The number of benzene rings is 2. The molecule has 0 radical (unpaired) electrons. The molecule has 2 N–H and O–H groups in total. The monoisotopic (exact) mass is 244 g/mol. The molecule has 0 unspecified atom stereocenters. The van der Waals surface area contributed by atoms with Crippen molar-refractivity contribution in [1.29, 1.82) is 0 Å². The fraction of sp³-hybridized carbons (Fsp3) is 0.200. The van der Waals surface area contributed by atoms with E-state index >= 15 is 0 Å². The molecule has 0 fully saturated rings. The lowest BCUT2D eigenvalue weighted by Crippen LogP contribution is -2.07. The largest absolute Gasteiger partial charge is 0.508 e. The smallest absolute Gasteiger partial charge is 0.126 e. The number of hydrogen-bond acceptors (Lipinski definition) is 3. The summed E-state index contributed by atoms with van der Waals surface area (Å²) >= 11 is 0. The van der Waals surface area contributed by atoms with Crippen molar-refractivity contribution in [3.05, 3.63) is 54.1 Å². The predicted octanol–water partition coefficient (Wildman–Crippen LogP) is 3.11. The van der Waals surface area contributed by atoms with E-state index in [0.717, 1.165) is 25.2 Å². The maximum atomic E-state index is 9.11. The molecule has 3 rings (SSSR count). The normalized spacial score (nSPS) is 12.7. The van der Waals surface area contributed by atoms with Crippen LogP contribution in [0, 0.1) is 0 Å². The van der Waals surface area contributed by atoms with Crippen molar-refractivity contribution in [3.63, 3.8) is 0 Å². The third-order valence-corrected chi connectivity index (χ3v) is 2.65. The number of aromatic hydroxyl groups is 2. The molecule has 1 aliphatic rings. The first kappa shape index (κ1) is 12.3. The zero-order valence-corrected chi connectivity index (χ0v) is 10.0. The maximum Gasteiger partial charge on any atom is 0.126 e. The highest BCUT2D eigenvalue weighted by atomic mass is 16.5. The van der Waals surface area contributed by atoms with Crippen LogP contribution < -0.4 is 4.74 Å². The molecule has 0 aromatic heterocycles. The Bertz CT molecular complexity index is 494. The van der Waals surface area contributed by atoms with E-state index < -0.39 is 0 Å². The van der Waals surface area contributed by atoms with Gasteiger partial charge in [0.1, 0.15) is 17.2 Å². The summed E-state index contributed by atoms with van der Waals surface area (Å²) in [5.74, 6) is 1.45. The first-order chi connectivity index (χ1) is 8.75. The Morgan fingerprint density at radius 3 is 2.33 bits per heavy atom. The molecule has 2 aromatic carbocycles. The molecule has 3 heteroatoms. The first-order valence-corrected chi connectivity index (χ1v) is 5.94. The number of aryl methyl sites for hydroxylation is 1. The number of hydrogen-bond donors (Lipinski definition) is 2. The number of fused-ring (bicyclic) bond motifs is 1. The lowest BCUT2D eigenvalue weighted by molar-refractivity contribution is 0.286. The van der Waals surface area contributed by atoms with Crippen molar-refractivity contribution in [2.75, 3.05) is 6.61 Å². The zero-order chi connectivity index (χ0) is 12.8. The number of phenols is 2. The average Bonchev–Trinajstić information content (AvgIpc) is 2.40. The Balaban J connectivity index is 0.000000149. The molecule has 18 heavy (non-hydrogen) atoms. The van der Waals surface area contributed by atoms with Gasteiger partial charge in [-0.05, 0) is 36.6 Å². The van der Waals surface area contributed by atoms with Gasteiger partial charge in [0, 0.05) is 6.07 Å². The molecule has 2 aromatic rings. The van der Waals surface area contributed by atoms with Gasteiger partial charge in [0.2, 0.25) is 0 Å². The van der Waals surface area contributed by atoms with Gasteiger partial charge >= 0.3 is 0 Å². The van der Waals surface area contributed by atoms with E-state index in [1.165, 1.54) is 5.56 Å². The molecule has 0 amide bonds. The molecule has 3 nitrogen and oxygen atoms in total. The number of para-hydroxylation sites is 1. The molecule has 94 valence electrons. The highest BCUT2D eigenvalue weighted by Gasteiger charge is 2.09. The number of phenolic OH excluding ortho intramolecular Hbond substituents is 2. The van der Waals surface area contributed by atoms with Gasteiger partial charge in [0.05, 0.1) is 6.61 Å². The van der Waals surface area contributed by atoms with Crippen molar-refractivity contribution in [1.82, 2.24) is 0 Å². The molecule has 0 bridgehead atoms. The Morgan fingerprint density at radius 2 is 1.67 bits per heavy atom. The Kier molecular flexibility index (Phi) is 4.07. The standard InChI is InChI=1S/C9H10O2.C6H6O/c10-8-4-3-7-2-1-5-11-9(7)6-8;7-6-4-2-1-3-5-6/h3-4,6,10H,1-2,5H2;1-5,7H. The second-order valence-electron chi connectivity index (χ2n) is 4.08. The molecule has 0 atom stereocenters. The summed E-state index contributed by atoms with van der Waals surface area (Å²) < 4.78 is 5.34. The van der Waals surface area contributed by atoms with E-state index in [1.54, 1.807) is 36.4 Å². The van der Waals surface area contributed by atoms with Gasteiger partial charge in [-0.3, -0.25) is 0 Å². The predicted molar refractivity (Wildman–Crippen MR) is 70.0 cm³/mol. The van der Waals surface area contributed by atoms with Crippen LogP contribution in [0.3, 0.4) is 0 Å². The van der Waals surface area contributed by atoms with Crippen LogP contribution in [-0.4, -0.2) is 16.8 Å². The van der Waals surface area contributed by atoms with Gasteiger partial charge in [0.25, 0.3) is 0 Å². The maximum absolute atomic E-state index is 9.11. The Labute approximate surface area is 106 Å². The van der Waals surface area contributed by atoms with Crippen molar-refractivity contribution in [3.8, 4) is 17.2 Å². The third kappa shape index (κ3) is 3.42. The van der Waals surface area contributed by atoms with Crippen LogP contribution in [0.25, 0.3) is 0 Å². The molecule has 0 saturated carbocycles. The fourth-order valence-corrected chi connectivity index (χ4v) is 1.76. The molecule has 0 saturated heterocycles. The van der Waals surface area contributed by atoms with E-state index in [0.29, 0.717) is 5.75 Å². The van der Waals surface area contributed by atoms with E-state index in [2.05, 4.69) is 0 Å². The van der Waals surface area contributed by atoms with Gasteiger partial charge in [-0.2, -0.15) is 0 Å². The van der Waals surface area contributed by atoms with Crippen LogP contribution >= 0.6 is 0 Å². The molecule has 0 aliphatic carbocycles. The minimum Gasteiger partial charge on any atom is -0.508 e. The SMILES string of the molecule is Oc1ccc2c(c1)OCCC2.Oc1ccccc1. The molecule has 1 aliphatic heterocycles. The van der Waals surface area contributed by atoms with Gasteiger partial charge < -0.3 is 14.9 Å².